The maximum atomic E-state index is 13.8. The van der Waals surface area contributed by atoms with Crippen LogP contribution in [0.3, 0.4) is 0 Å². The number of aliphatic hydroxyl groups excluding tert-OH is 1. The summed E-state index contributed by atoms with van der Waals surface area (Å²) >= 11 is 1.47. The van der Waals surface area contributed by atoms with E-state index in [2.05, 4.69) is 10.6 Å². The van der Waals surface area contributed by atoms with Crippen molar-refractivity contribution in [2.24, 2.45) is 0 Å². The van der Waals surface area contributed by atoms with Crippen LogP contribution in [-0.4, -0.2) is 68.2 Å². The number of hydrogen-bond donors (Lipinski definition) is 4. The highest BCUT2D eigenvalue weighted by molar-refractivity contribution is 8.00. The third kappa shape index (κ3) is 7.28. The minimum atomic E-state index is -1.61. The van der Waals surface area contributed by atoms with E-state index in [0.29, 0.717) is 18.5 Å². The topological polar surface area (TPSA) is 119 Å². The van der Waals surface area contributed by atoms with Crippen LogP contribution in [0.2, 0.25) is 0 Å². The van der Waals surface area contributed by atoms with Crippen LogP contribution in [-0.2, 0) is 22.4 Å². The Kier molecular flexibility index (Phi) is 9.73. The third-order valence-corrected chi connectivity index (χ3v) is 8.81. The van der Waals surface area contributed by atoms with Gasteiger partial charge in [-0.05, 0) is 56.9 Å². The van der Waals surface area contributed by atoms with Gasteiger partial charge in [0.15, 0.2) is 6.10 Å². The first-order chi connectivity index (χ1) is 19.6. The van der Waals surface area contributed by atoms with Gasteiger partial charge in [0, 0.05) is 22.4 Å². The summed E-state index contributed by atoms with van der Waals surface area (Å²) in [5.74, 6) is -1.21. The minimum Gasteiger partial charge on any atom is -0.508 e. The number of carbonyl (C=O) groups excluding carboxylic acids is 3. The van der Waals surface area contributed by atoms with Gasteiger partial charge in [0.05, 0.1) is 11.9 Å². The molecule has 0 spiro atoms. The van der Waals surface area contributed by atoms with Gasteiger partial charge in [0.1, 0.15) is 11.8 Å². The number of phenolic OH excluding ortho intramolecular Hbond substituents is 1. The Balaban J connectivity index is 1.52. The second-order valence-electron chi connectivity index (χ2n) is 10.8. The van der Waals surface area contributed by atoms with E-state index in [1.54, 1.807) is 19.1 Å². The summed E-state index contributed by atoms with van der Waals surface area (Å²) in [5.41, 5.74) is 2.56. The van der Waals surface area contributed by atoms with E-state index in [1.807, 2.05) is 74.5 Å². The molecule has 41 heavy (non-hydrogen) atoms. The van der Waals surface area contributed by atoms with Crippen LogP contribution < -0.4 is 10.6 Å². The largest absolute Gasteiger partial charge is 0.508 e. The molecule has 0 saturated carbocycles. The Morgan fingerprint density at radius 3 is 2.27 bits per heavy atom. The van der Waals surface area contributed by atoms with Crippen molar-refractivity contribution in [2.45, 2.75) is 56.5 Å². The Labute approximate surface area is 245 Å². The lowest BCUT2D eigenvalue weighted by atomic mass is 9.96. The van der Waals surface area contributed by atoms with Crippen molar-refractivity contribution >= 4 is 29.5 Å². The number of phenols is 1. The van der Waals surface area contributed by atoms with Gasteiger partial charge < -0.3 is 25.7 Å². The van der Waals surface area contributed by atoms with Crippen molar-refractivity contribution in [3.8, 4) is 5.75 Å². The zero-order chi connectivity index (χ0) is 29.6. The highest BCUT2D eigenvalue weighted by atomic mass is 32.2. The van der Waals surface area contributed by atoms with Gasteiger partial charge in [-0.25, -0.2) is 0 Å². The number of thioether (sulfide) groups is 1. The number of aromatic hydroxyl groups is 1. The Morgan fingerprint density at radius 1 is 0.976 bits per heavy atom. The third-order valence-electron chi connectivity index (χ3n) is 7.43. The maximum absolute atomic E-state index is 13.8. The molecule has 0 aromatic heterocycles. The molecule has 1 aliphatic rings. The molecule has 4 rings (SSSR count). The quantitative estimate of drug-likeness (QED) is 0.294. The van der Waals surface area contributed by atoms with Gasteiger partial charge >= 0.3 is 0 Å². The molecule has 216 valence electrons. The van der Waals surface area contributed by atoms with Crippen LogP contribution in [0.5, 0.6) is 5.75 Å². The van der Waals surface area contributed by atoms with Crippen LogP contribution >= 0.6 is 11.8 Å². The van der Waals surface area contributed by atoms with Gasteiger partial charge in [-0.1, -0.05) is 66.7 Å². The molecule has 1 heterocycles. The molecule has 3 aromatic rings. The number of benzene rings is 3. The van der Waals surface area contributed by atoms with Crippen LogP contribution in [0.4, 0.5) is 0 Å². The molecule has 0 unspecified atom stereocenters. The van der Waals surface area contributed by atoms with Crippen LogP contribution in [0, 0.1) is 6.92 Å². The molecule has 1 saturated heterocycles. The Bertz CT molecular complexity index is 1370. The summed E-state index contributed by atoms with van der Waals surface area (Å²) in [6.45, 7) is 5.86. The first-order valence-electron chi connectivity index (χ1n) is 13.7. The van der Waals surface area contributed by atoms with Crippen molar-refractivity contribution in [2.75, 3.05) is 12.4 Å². The standard InChI is InChI=1S/C32H37N3O5S/c1-21-24(15-10-16-26(21)36)29(38)34-25(19-23-13-8-5-9-14-23)27(37)31(40)35-20-41-32(2,3)28(35)30(39)33-18-17-22-11-6-4-7-12-22/h4-16,25,27-28,36-37H,17-20H2,1-3H3,(H,33,39)(H,34,38)/t25-,27-,28+/m0/s1. The average Bonchev–Trinajstić information content (AvgIpc) is 3.29. The van der Waals surface area contributed by atoms with Gasteiger partial charge in [-0.3, -0.25) is 14.4 Å². The lowest BCUT2D eigenvalue weighted by molar-refractivity contribution is -0.147. The monoisotopic (exact) mass is 575 g/mol. The summed E-state index contributed by atoms with van der Waals surface area (Å²) in [4.78, 5) is 41.9. The second kappa shape index (κ2) is 13.2. The van der Waals surface area contributed by atoms with E-state index in [0.717, 1.165) is 11.1 Å². The fourth-order valence-corrected chi connectivity index (χ4v) is 6.19. The molecule has 3 amide bonds. The highest BCUT2D eigenvalue weighted by Crippen LogP contribution is 2.40. The van der Waals surface area contributed by atoms with E-state index in [1.165, 1.54) is 22.7 Å². The van der Waals surface area contributed by atoms with Crippen molar-refractivity contribution in [1.82, 2.24) is 15.5 Å². The predicted octanol–water partition coefficient (Wildman–Crippen LogP) is 3.44. The second-order valence-corrected chi connectivity index (χ2v) is 12.4. The SMILES string of the molecule is Cc1c(O)cccc1C(=O)N[C@@H](Cc1ccccc1)[C@H](O)C(=O)N1CSC(C)(C)[C@H]1C(=O)NCCc1ccccc1. The maximum Gasteiger partial charge on any atom is 0.254 e. The van der Waals surface area contributed by atoms with Crippen LogP contribution in [0.25, 0.3) is 0 Å². The number of aliphatic hydroxyl groups is 1. The van der Waals surface area contributed by atoms with Crippen molar-refractivity contribution in [3.05, 3.63) is 101 Å². The van der Waals surface area contributed by atoms with Gasteiger partial charge in [0.25, 0.3) is 11.8 Å². The van der Waals surface area contributed by atoms with E-state index in [9.17, 15) is 24.6 Å². The summed E-state index contributed by atoms with van der Waals surface area (Å²) < 4.78 is -0.580. The van der Waals surface area contributed by atoms with E-state index >= 15 is 0 Å². The molecule has 1 fully saturated rings. The van der Waals surface area contributed by atoms with E-state index in [4.69, 9.17) is 0 Å². The lowest BCUT2D eigenvalue weighted by Crippen LogP contribution is -2.58. The van der Waals surface area contributed by atoms with Crippen LogP contribution in [0.15, 0.2) is 78.9 Å². The molecule has 0 aliphatic carbocycles. The number of carbonyl (C=O) groups is 3. The molecular weight excluding hydrogens is 538 g/mol. The van der Waals surface area contributed by atoms with Gasteiger partial charge in [-0.2, -0.15) is 0 Å². The average molecular weight is 576 g/mol. The molecular formula is C32H37N3O5S. The van der Waals surface area contributed by atoms with Gasteiger partial charge in [0.2, 0.25) is 5.91 Å². The molecule has 3 aromatic carbocycles. The number of nitrogens with one attached hydrogen (secondary N) is 2. The summed E-state index contributed by atoms with van der Waals surface area (Å²) in [5, 5.41) is 27.3. The predicted molar refractivity (Wildman–Crippen MR) is 161 cm³/mol. The van der Waals surface area contributed by atoms with E-state index in [-0.39, 0.29) is 29.5 Å². The molecule has 1 aliphatic heterocycles. The van der Waals surface area contributed by atoms with Crippen molar-refractivity contribution < 1.29 is 24.6 Å². The number of amides is 3. The lowest BCUT2D eigenvalue weighted by Gasteiger charge is -2.33. The Morgan fingerprint density at radius 2 is 1.61 bits per heavy atom. The minimum absolute atomic E-state index is 0.0219. The molecule has 0 radical (unpaired) electrons. The molecule has 9 heteroatoms. The number of nitrogens with zero attached hydrogens (tertiary/aromatic N) is 1. The number of hydrogen-bond acceptors (Lipinski definition) is 6. The summed E-state index contributed by atoms with van der Waals surface area (Å²) in [7, 11) is 0. The highest BCUT2D eigenvalue weighted by Gasteiger charge is 2.49. The summed E-state index contributed by atoms with van der Waals surface area (Å²) in [6, 6.07) is 21.9. The van der Waals surface area contributed by atoms with Crippen molar-refractivity contribution in [3.63, 3.8) is 0 Å². The zero-order valence-electron chi connectivity index (χ0n) is 23.5. The Hall–Kier alpha value is -3.82. The normalized spacial score (nSPS) is 17.5. The molecule has 0 bridgehead atoms. The first kappa shape index (κ1) is 30.1. The zero-order valence-corrected chi connectivity index (χ0v) is 24.4. The summed E-state index contributed by atoms with van der Waals surface area (Å²) in [6.07, 6.45) is -0.760. The fraction of sp³-hybridized carbons (Fsp3) is 0.344. The molecule has 4 N–H and O–H groups in total. The van der Waals surface area contributed by atoms with Crippen molar-refractivity contribution in [1.29, 1.82) is 0 Å². The van der Waals surface area contributed by atoms with E-state index < -0.39 is 34.7 Å². The molecule has 3 atom stereocenters. The molecule has 8 nitrogen and oxygen atoms in total. The smallest absolute Gasteiger partial charge is 0.254 e. The first-order valence-corrected chi connectivity index (χ1v) is 14.6. The van der Waals surface area contributed by atoms with Crippen LogP contribution in [0.1, 0.15) is 40.9 Å². The van der Waals surface area contributed by atoms with Gasteiger partial charge in [-0.15, -0.1) is 11.8 Å². The fourth-order valence-electron chi connectivity index (χ4n) is 5.05. The number of rotatable bonds is 10.